The Balaban J connectivity index is 2.15. The first-order valence-corrected chi connectivity index (χ1v) is 8.79. The molecule has 0 heterocycles. The van der Waals surface area contributed by atoms with Gasteiger partial charge in [0.05, 0.1) is 4.90 Å². The van der Waals surface area contributed by atoms with E-state index in [0.29, 0.717) is 4.90 Å². The first-order chi connectivity index (χ1) is 9.40. The van der Waals surface area contributed by atoms with Crippen molar-refractivity contribution < 1.29 is 8.42 Å². The molecule has 2 rings (SSSR count). The molecule has 1 aliphatic carbocycles. The Bertz CT molecular complexity index is 578. The molecule has 3 N–H and O–H groups in total. The number of hydrogen-bond donors (Lipinski definition) is 2. The second kappa shape index (κ2) is 5.84. The highest BCUT2D eigenvalue weighted by molar-refractivity contribution is 7.89. The van der Waals surface area contributed by atoms with Crippen LogP contribution in [-0.4, -0.2) is 20.5 Å². The zero-order valence-electron chi connectivity index (χ0n) is 12.3. The molecule has 1 aromatic carbocycles. The van der Waals surface area contributed by atoms with Gasteiger partial charge in [0.1, 0.15) is 0 Å². The van der Waals surface area contributed by atoms with Gasteiger partial charge in [-0.1, -0.05) is 19.9 Å². The van der Waals surface area contributed by atoms with Crippen LogP contribution in [0.15, 0.2) is 23.1 Å². The fourth-order valence-corrected chi connectivity index (χ4v) is 3.73. The van der Waals surface area contributed by atoms with Crippen molar-refractivity contribution in [3.8, 4) is 0 Å². The molecule has 0 radical (unpaired) electrons. The fraction of sp³-hybridized carbons (Fsp3) is 0.600. The lowest BCUT2D eigenvalue weighted by atomic mass is 9.95. The standard InChI is InChI=1S/C15H24N2O2S/c1-3-15(16,4-2)11-17-20(18,19)14-9-8-12-6-5-7-13(12)10-14/h8-10,17H,3-7,11,16H2,1-2H3. The van der Waals surface area contributed by atoms with E-state index in [1.807, 2.05) is 19.9 Å². The molecule has 1 aliphatic rings. The summed E-state index contributed by atoms with van der Waals surface area (Å²) in [4.78, 5) is 0.354. The summed E-state index contributed by atoms with van der Waals surface area (Å²) in [6.45, 7) is 4.24. The summed E-state index contributed by atoms with van der Waals surface area (Å²) in [6.07, 6.45) is 4.64. The van der Waals surface area contributed by atoms with Crippen LogP contribution < -0.4 is 10.5 Å². The maximum Gasteiger partial charge on any atom is 0.240 e. The lowest BCUT2D eigenvalue weighted by Gasteiger charge is -2.26. The molecule has 0 unspecified atom stereocenters. The van der Waals surface area contributed by atoms with Crippen molar-refractivity contribution in [1.29, 1.82) is 0 Å². The van der Waals surface area contributed by atoms with Crippen molar-refractivity contribution in [1.82, 2.24) is 4.72 Å². The summed E-state index contributed by atoms with van der Waals surface area (Å²) in [5.74, 6) is 0. The molecule has 0 amide bonds. The average molecular weight is 296 g/mol. The Morgan fingerprint density at radius 2 is 1.85 bits per heavy atom. The lowest BCUT2D eigenvalue weighted by molar-refractivity contribution is 0.392. The largest absolute Gasteiger partial charge is 0.324 e. The lowest BCUT2D eigenvalue weighted by Crippen LogP contribution is -2.49. The molecule has 0 atom stereocenters. The maximum atomic E-state index is 12.3. The molecule has 0 saturated heterocycles. The first-order valence-electron chi connectivity index (χ1n) is 7.30. The quantitative estimate of drug-likeness (QED) is 0.843. The highest BCUT2D eigenvalue weighted by Crippen LogP contribution is 2.24. The maximum absolute atomic E-state index is 12.3. The van der Waals surface area contributed by atoms with Gasteiger partial charge < -0.3 is 5.73 Å². The molecule has 0 aliphatic heterocycles. The van der Waals surface area contributed by atoms with Crippen molar-refractivity contribution in [2.75, 3.05) is 6.54 Å². The predicted octanol–water partition coefficient (Wildman–Crippen LogP) is 1.97. The second-order valence-electron chi connectivity index (χ2n) is 5.68. The summed E-state index contributed by atoms with van der Waals surface area (Å²) in [5.41, 5.74) is 8.12. The van der Waals surface area contributed by atoms with Gasteiger partial charge in [0.2, 0.25) is 10.0 Å². The molecule has 20 heavy (non-hydrogen) atoms. The van der Waals surface area contributed by atoms with Gasteiger partial charge in [-0.2, -0.15) is 0 Å². The number of nitrogens with one attached hydrogen (secondary N) is 1. The van der Waals surface area contributed by atoms with E-state index in [1.165, 1.54) is 5.56 Å². The normalized spacial score (nSPS) is 15.3. The van der Waals surface area contributed by atoms with E-state index in [2.05, 4.69) is 4.72 Å². The topological polar surface area (TPSA) is 72.2 Å². The van der Waals surface area contributed by atoms with Gasteiger partial charge in [-0.15, -0.1) is 0 Å². The minimum atomic E-state index is -3.47. The van der Waals surface area contributed by atoms with Gasteiger partial charge in [-0.25, -0.2) is 13.1 Å². The number of rotatable bonds is 6. The summed E-state index contributed by atoms with van der Waals surface area (Å²) in [7, 11) is -3.47. The van der Waals surface area contributed by atoms with E-state index in [9.17, 15) is 8.42 Å². The van der Waals surface area contributed by atoms with Crippen LogP contribution in [0.25, 0.3) is 0 Å². The molecule has 0 bridgehead atoms. The highest BCUT2D eigenvalue weighted by atomic mass is 32.2. The van der Waals surface area contributed by atoms with Crippen LogP contribution in [0.1, 0.15) is 44.2 Å². The zero-order chi connectivity index (χ0) is 14.8. The van der Waals surface area contributed by atoms with Gasteiger partial charge in [-0.3, -0.25) is 0 Å². The van der Waals surface area contributed by atoms with E-state index in [4.69, 9.17) is 5.73 Å². The van der Waals surface area contributed by atoms with Crippen molar-refractivity contribution in [2.45, 2.75) is 56.4 Å². The second-order valence-corrected chi connectivity index (χ2v) is 7.45. The number of fused-ring (bicyclic) bond motifs is 1. The molecule has 0 saturated carbocycles. The Morgan fingerprint density at radius 3 is 2.50 bits per heavy atom. The Kier molecular flexibility index (Phi) is 4.52. The minimum absolute atomic E-state index is 0.277. The number of nitrogens with two attached hydrogens (primary N) is 1. The van der Waals surface area contributed by atoms with Crippen LogP contribution >= 0.6 is 0 Å². The smallest absolute Gasteiger partial charge is 0.240 e. The molecule has 0 aromatic heterocycles. The Hall–Kier alpha value is -0.910. The molecule has 112 valence electrons. The summed E-state index contributed by atoms with van der Waals surface area (Å²) >= 11 is 0. The summed E-state index contributed by atoms with van der Waals surface area (Å²) in [6, 6.07) is 5.44. The summed E-state index contributed by atoms with van der Waals surface area (Å²) in [5, 5.41) is 0. The number of sulfonamides is 1. The van der Waals surface area contributed by atoms with Crippen LogP contribution in [-0.2, 0) is 22.9 Å². The van der Waals surface area contributed by atoms with Crippen molar-refractivity contribution >= 4 is 10.0 Å². The van der Waals surface area contributed by atoms with Crippen molar-refractivity contribution in [3.63, 3.8) is 0 Å². The molecule has 0 spiro atoms. The highest BCUT2D eigenvalue weighted by Gasteiger charge is 2.24. The van der Waals surface area contributed by atoms with Crippen LogP contribution in [0.5, 0.6) is 0 Å². The van der Waals surface area contributed by atoms with Crippen molar-refractivity contribution in [3.05, 3.63) is 29.3 Å². The molecular formula is C15H24N2O2S. The average Bonchev–Trinajstić information content (AvgIpc) is 2.92. The van der Waals surface area contributed by atoms with Crippen LogP contribution in [0.3, 0.4) is 0 Å². The van der Waals surface area contributed by atoms with E-state index in [-0.39, 0.29) is 6.54 Å². The fourth-order valence-electron chi connectivity index (χ4n) is 2.54. The number of hydrogen-bond acceptors (Lipinski definition) is 3. The predicted molar refractivity (Wildman–Crippen MR) is 81.2 cm³/mol. The Labute approximate surface area is 121 Å². The van der Waals surface area contributed by atoms with E-state index < -0.39 is 15.6 Å². The molecule has 0 fully saturated rings. The minimum Gasteiger partial charge on any atom is -0.324 e. The van der Waals surface area contributed by atoms with Gasteiger partial charge in [-0.05, 0) is 55.4 Å². The molecule has 1 aromatic rings. The monoisotopic (exact) mass is 296 g/mol. The third kappa shape index (κ3) is 3.22. The van der Waals surface area contributed by atoms with Gasteiger partial charge in [0, 0.05) is 12.1 Å². The number of aryl methyl sites for hydroxylation is 2. The van der Waals surface area contributed by atoms with Gasteiger partial charge in [0.25, 0.3) is 0 Å². The summed E-state index contributed by atoms with van der Waals surface area (Å²) < 4.78 is 27.3. The van der Waals surface area contributed by atoms with Crippen LogP contribution in [0, 0.1) is 0 Å². The third-order valence-corrected chi connectivity index (χ3v) is 5.80. The Morgan fingerprint density at radius 1 is 1.20 bits per heavy atom. The van der Waals surface area contributed by atoms with E-state index in [1.54, 1.807) is 12.1 Å². The first kappa shape index (κ1) is 15.5. The SMILES string of the molecule is CCC(N)(CC)CNS(=O)(=O)c1ccc2c(c1)CCC2. The van der Waals surface area contributed by atoms with Crippen molar-refractivity contribution in [2.24, 2.45) is 5.73 Å². The van der Waals surface area contributed by atoms with Gasteiger partial charge in [0.15, 0.2) is 0 Å². The van der Waals surface area contributed by atoms with Crippen LogP contribution in [0.4, 0.5) is 0 Å². The zero-order valence-corrected chi connectivity index (χ0v) is 13.1. The van der Waals surface area contributed by atoms with Crippen LogP contribution in [0.2, 0.25) is 0 Å². The molecule has 4 nitrogen and oxygen atoms in total. The van der Waals surface area contributed by atoms with E-state index in [0.717, 1.165) is 37.7 Å². The molecular weight excluding hydrogens is 272 g/mol. The third-order valence-electron chi connectivity index (χ3n) is 4.40. The van der Waals surface area contributed by atoms with Gasteiger partial charge >= 0.3 is 0 Å². The van der Waals surface area contributed by atoms with E-state index >= 15 is 0 Å². The molecule has 5 heteroatoms. The number of benzene rings is 1.